The third kappa shape index (κ3) is 4.35. The molecule has 2 saturated heterocycles. The highest BCUT2D eigenvalue weighted by Crippen LogP contribution is 2.51. The van der Waals surface area contributed by atoms with E-state index < -0.39 is 0 Å². The first-order chi connectivity index (χ1) is 17.9. The fourth-order valence-electron chi connectivity index (χ4n) is 6.10. The number of amides is 2. The maximum absolute atomic E-state index is 12.1. The van der Waals surface area contributed by atoms with Crippen LogP contribution in [0.15, 0.2) is 43.1 Å². The maximum atomic E-state index is 12.1. The molecule has 4 aliphatic rings. The quantitative estimate of drug-likeness (QED) is 0.548. The van der Waals surface area contributed by atoms with Gasteiger partial charge in [-0.3, -0.25) is 14.6 Å². The molecule has 1 aromatic carbocycles. The third-order valence-corrected chi connectivity index (χ3v) is 8.19. The second-order valence-electron chi connectivity index (χ2n) is 11.0. The molecule has 0 bridgehead atoms. The first-order valence-corrected chi connectivity index (χ1v) is 13.2. The molecule has 9 heteroatoms. The van der Waals surface area contributed by atoms with Crippen molar-refractivity contribution in [1.82, 2.24) is 19.8 Å². The van der Waals surface area contributed by atoms with Crippen molar-refractivity contribution in [3.8, 4) is 0 Å². The van der Waals surface area contributed by atoms with Gasteiger partial charge in [-0.15, -0.1) is 0 Å². The Morgan fingerprint density at radius 1 is 1.22 bits per heavy atom. The summed E-state index contributed by atoms with van der Waals surface area (Å²) in [5.41, 5.74) is 3.62. The molecule has 4 heterocycles. The molecule has 1 spiro atoms. The number of likely N-dealkylation sites (tertiary alicyclic amines) is 2. The van der Waals surface area contributed by atoms with E-state index in [0.717, 1.165) is 43.2 Å². The molecule has 1 unspecified atom stereocenters. The number of ether oxygens (including phenoxy) is 1. The summed E-state index contributed by atoms with van der Waals surface area (Å²) in [5.74, 6) is 1.88. The van der Waals surface area contributed by atoms with E-state index in [2.05, 4.69) is 58.0 Å². The van der Waals surface area contributed by atoms with E-state index in [-0.39, 0.29) is 30.1 Å². The Balaban J connectivity index is 1.10. The van der Waals surface area contributed by atoms with Crippen LogP contribution >= 0.6 is 0 Å². The summed E-state index contributed by atoms with van der Waals surface area (Å²) in [6, 6.07) is 9.37. The van der Waals surface area contributed by atoms with Gasteiger partial charge in [0.05, 0.1) is 11.6 Å². The second-order valence-corrected chi connectivity index (χ2v) is 11.0. The summed E-state index contributed by atoms with van der Waals surface area (Å²) in [6.07, 6.45) is 5.34. The summed E-state index contributed by atoms with van der Waals surface area (Å²) >= 11 is 0. The van der Waals surface area contributed by atoms with Crippen LogP contribution in [-0.4, -0.2) is 64.5 Å². The molecule has 9 nitrogen and oxygen atoms in total. The Bertz CT molecular complexity index is 1210. The minimum Gasteiger partial charge on any atom is -0.444 e. The van der Waals surface area contributed by atoms with Gasteiger partial charge in [0, 0.05) is 50.4 Å². The average molecular weight is 503 g/mol. The second kappa shape index (κ2) is 9.13. The minimum atomic E-state index is -0.374. The molecule has 2 aromatic rings. The highest BCUT2D eigenvalue weighted by Gasteiger charge is 2.55. The zero-order chi connectivity index (χ0) is 25.7. The summed E-state index contributed by atoms with van der Waals surface area (Å²) in [7, 11) is 0. The fraction of sp³-hybridized carbons (Fsp3) is 0.500. The fourth-order valence-corrected chi connectivity index (χ4v) is 6.10. The Kier molecular flexibility index (Phi) is 5.90. The van der Waals surface area contributed by atoms with Crippen LogP contribution in [0.2, 0.25) is 0 Å². The highest BCUT2D eigenvalue weighted by atomic mass is 16.6. The predicted molar refractivity (Wildman–Crippen MR) is 140 cm³/mol. The Hall–Kier alpha value is -3.46. The van der Waals surface area contributed by atoms with Crippen LogP contribution in [0, 0.1) is 11.3 Å². The molecule has 1 aromatic heterocycles. The van der Waals surface area contributed by atoms with Crippen molar-refractivity contribution in [2.45, 2.75) is 45.4 Å². The first kappa shape index (κ1) is 23.9. The number of cyclic esters (lactones) is 1. The molecule has 1 saturated carbocycles. The summed E-state index contributed by atoms with van der Waals surface area (Å²) in [6.45, 7) is 12.1. The van der Waals surface area contributed by atoms with Crippen LogP contribution in [0.3, 0.4) is 0 Å². The van der Waals surface area contributed by atoms with E-state index in [1.807, 2.05) is 11.8 Å². The average Bonchev–Trinajstić information content (AvgIpc) is 3.69. The number of fused-ring (bicyclic) bond motifs is 1. The highest BCUT2D eigenvalue weighted by molar-refractivity contribution is 5.89. The van der Waals surface area contributed by atoms with E-state index in [9.17, 15) is 9.59 Å². The van der Waals surface area contributed by atoms with Gasteiger partial charge >= 0.3 is 6.09 Å². The van der Waals surface area contributed by atoms with E-state index >= 15 is 0 Å². The topological polar surface area (TPSA) is 90.9 Å². The number of anilines is 2. The summed E-state index contributed by atoms with van der Waals surface area (Å²) in [5, 5.41) is 3.39. The van der Waals surface area contributed by atoms with Crippen LogP contribution in [0.25, 0.3) is 0 Å². The third-order valence-electron chi connectivity index (χ3n) is 8.19. The number of aromatic nitrogens is 2. The lowest BCUT2D eigenvalue weighted by atomic mass is 9.71. The van der Waals surface area contributed by atoms with Crippen molar-refractivity contribution in [3.05, 3.63) is 59.8 Å². The first-order valence-electron chi connectivity index (χ1n) is 13.2. The van der Waals surface area contributed by atoms with Crippen molar-refractivity contribution in [3.63, 3.8) is 0 Å². The van der Waals surface area contributed by atoms with Crippen LogP contribution in [-0.2, 0) is 16.1 Å². The van der Waals surface area contributed by atoms with Gasteiger partial charge in [-0.25, -0.2) is 9.78 Å². The Labute approximate surface area is 217 Å². The molecule has 0 radical (unpaired) electrons. The van der Waals surface area contributed by atoms with Gasteiger partial charge < -0.3 is 15.0 Å². The van der Waals surface area contributed by atoms with Crippen LogP contribution in [0.1, 0.15) is 55.5 Å². The molecule has 194 valence electrons. The molecule has 1 aliphatic carbocycles. The molecule has 37 heavy (non-hydrogen) atoms. The van der Waals surface area contributed by atoms with Crippen molar-refractivity contribution in [2.75, 3.05) is 42.9 Å². The molecule has 2 atom stereocenters. The van der Waals surface area contributed by atoms with Crippen molar-refractivity contribution >= 4 is 23.8 Å². The minimum absolute atomic E-state index is 0.00716. The summed E-state index contributed by atoms with van der Waals surface area (Å²) < 4.78 is 5.18. The van der Waals surface area contributed by atoms with Gasteiger partial charge in [-0.05, 0) is 49.8 Å². The van der Waals surface area contributed by atoms with E-state index in [0.29, 0.717) is 24.4 Å². The van der Waals surface area contributed by atoms with Crippen LogP contribution in [0.5, 0.6) is 0 Å². The maximum Gasteiger partial charge on any atom is 0.415 e. The van der Waals surface area contributed by atoms with Gasteiger partial charge in [0.1, 0.15) is 12.4 Å². The van der Waals surface area contributed by atoms with Gasteiger partial charge in [-0.1, -0.05) is 30.8 Å². The zero-order valence-electron chi connectivity index (χ0n) is 21.5. The van der Waals surface area contributed by atoms with Gasteiger partial charge in [0.2, 0.25) is 11.9 Å². The number of carbonyl (C=O) groups excluding carboxylic acids is 2. The molecular weight excluding hydrogens is 468 g/mol. The van der Waals surface area contributed by atoms with Crippen molar-refractivity contribution in [2.24, 2.45) is 11.3 Å². The van der Waals surface area contributed by atoms with Gasteiger partial charge in [0.15, 0.2) is 0 Å². The standard InChI is InChI=1S/C28H34N6O3/c1-4-23(35)32-14-28(15-32)16-33(17-28)24(21-10-11-21)20-8-6-19(7-9-20)18(3)30-26-29-12-22-13-37-27(36)34(5-2)25(22)31-26/h4,6-9,12,18,21,24H,1,5,10-11,13-17H2,2-3H3,(H,29,30,31)/t18-,24?/m0/s1. The van der Waals surface area contributed by atoms with Crippen LogP contribution < -0.4 is 10.2 Å². The van der Waals surface area contributed by atoms with Gasteiger partial charge in [0.25, 0.3) is 0 Å². The van der Waals surface area contributed by atoms with E-state index in [4.69, 9.17) is 4.74 Å². The van der Waals surface area contributed by atoms with E-state index in [1.54, 1.807) is 6.20 Å². The van der Waals surface area contributed by atoms with E-state index in [1.165, 1.54) is 29.4 Å². The molecule has 6 rings (SSSR count). The predicted octanol–water partition coefficient (Wildman–Crippen LogP) is 3.91. The lowest BCUT2D eigenvalue weighted by molar-refractivity contribution is -0.160. The number of benzene rings is 1. The molecule has 2 amide bonds. The van der Waals surface area contributed by atoms with Crippen molar-refractivity contribution < 1.29 is 14.3 Å². The number of hydrogen-bond acceptors (Lipinski definition) is 7. The lowest BCUT2D eigenvalue weighted by Crippen LogP contribution is -2.73. The Morgan fingerprint density at radius 2 is 1.92 bits per heavy atom. The largest absolute Gasteiger partial charge is 0.444 e. The number of rotatable bonds is 8. The summed E-state index contributed by atoms with van der Waals surface area (Å²) in [4.78, 5) is 39.0. The SMILES string of the molecule is C=CC(=O)N1CC2(C1)CN(C(c1ccc([C@H](C)Nc3ncc4c(n3)N(CC)C(=O)OC4)cc1)C1CC1)C2. The smallest absolute Gasteiger partial charge is 0.415 e. The van der Waals surface area contributed by atoms with Crippen molar-refractivity contribution in [1.29, 1.82) is 0 Å². The Morgan fingerprint density at radius 3 is 2.57 bits per heavy atom. The number of carbonyl (C=O) groups is 2. The molecule has 3 aliphatic heterocycles. The molecular formula is C28H34N6O3. The monoisotopic (exact) mass is 502 g/mol. The molecule has 1 N–H and O–H groups in total. The number of nitrogens with one attached hydrogen (secondary N) is 1. The normalized spacial score (nSPS) is 21.8. The van der Waals surface area contributed by atoms with Crippen LogP contribution in [0.4, 0.5) is 16.6 Å². The lowest BCUT2D eigenvalue weighted by Gasteiger charge is -2.62. The zero-order valence-corrected chi connectivity index (χ0v) is 21.5. The van der Waals surface area contributed by atoms with Gasteiger partial charge in [-0.2, -0.15) is 4.98 Å². The number of nitrogens with zero attached hydrogens (tertiary/aromatic N) is 5. The number of hydrogen-bond donors (Lipinski definition) is 1. The molecule has 3 fully saturated rings.